The molecular weight excluding hydrogens is 338 g/mol. The van der Waals surface area contributed by atoms with Crippen molar-refractivity contribution in [2.45, 2.75) is 26.7 Å². The number of amides is 2. The number of carbonyl (C=O) groups is 3. The number of ether oxygens (including phenoxy) is 1. The first-order chi connectivity index (χ1) is 12.4. The normalized spacial score (nSPS) is 10.3. The van der Waals surface area contributed by atoms with Crippen molar-refractivity contribution < 1.29 is 23.6 Å². The summed E-state index contributed by atoms with van der Waals surface area (Å²) in [5, 5.41) is 8.93. The lowest BCUT2D eigenvalue weighted by molar-refractivity contribution is -0.147. The molecule has 0 bridgehead atoms. The van der Waals surface area contributed by atoms with E-state index < -0.39 is 11.9 Å². The highest BCUT2D eigenvalue weighted by Crippen LogP contribution is 2.14. The van der Waals surface area contributed by atoms with Gasteiger partial charge in [-0.15, -0.1) is 0 Å². The van der Waals surface area contributed by atoms with Crippen molar-refractivity contribution in [2.75, 3.05) is 19.0 Å². The monoisotopic (exact) mass is 359 g/mol. The molecule has 2 rings (SSSR count). The Morgan fingerprint density at radius 1 is 1.15 bits per heavy atom. The van der Waals surface area contributed by atoms with Gasteiger partial charge in [0.05, 0.1) is 5.69 Å². The van der Waals surface area contributed by atoms with Gasteiger partial charge in [0.25, 0.3) is 11.8 Å². The molecule has 138 valence electrons. The number of rotatable bonds is 7. The molecule has 0 aliphatic rings. The van der Waals surface area contributed by atoms with E-state index in [4.69, 9.17) is 9.26 Å². The smallest absolute Gasteiger partial charge is 0.306 e. The maximum atomic E-state index is 11.8. The van der Waals surface area contributed by atoms with Crippen LogP contribution in [0.1, 0.15) is 33.8 Å². The topological polar surface area (TPSA) is 111 Å². The van der Waals surface area contributed by atoms with Gasteiger partial charge < -0.3 is 19.9 Å². The molecule has 2 aromatic rings. The van der Waals surface area contributed by atoms with Crippen LogP contribution in [-0.4, -0.2) is 36.6 Å². The van der Waals surface area contributed by atoms with Crippen molar-refractivity contribution in [2.24, 2.45) is 0 Å². The van der Waals surface area contributed by atoms with Gasteiger partial charge in [0.1, 0.15) is 5.76 Å². The predicted molar refractivity (Wildman–Crippen MR) is 93.7 cm³/mol. The summed E-state index contributed by atoms with van der Waals surface area (Å²) in [6.07, 6.45) is 0.583. The molecule has 2 amide bonds. The number of anilines is 1. The summed E-state index contributed by atoms with van der Waals surface area (Å²) >= 11 is 0. The highest BCUT2D eigenvalue weighted by atomic mass is 16.5. The fourth-order valence-corrected chi connectivity index (χ4v) is 2.35. The first-order valence-corrected chi connectivity index (χ1v) is 8.10. The predicted octanol–water partition coefficient (Wildman–Crippen LogP) is 1.77. The van der Waals surface area contributed by atoms with Gasteiger partial charge in [0.15, 0.2) is 6.61 Å². The molecule has 1 aromatic heterocycles. The first kappa shape index (κ1) is 19.2. The van der Waals surface area contributed by atoms with Gasteiger partial charge in [-0.3, -0.25) is 14.4 Å². The van der Waals surface area contributed by atoms with Gasteiger partial charge in [-0.1, -0.05) is 5.16 Å². The summed E-state index contributed by atoms with van der Waals surface area (Å²) < 4.78 is 10.00. The van der Waals surface area contributed by atoms with Crippen molar-refractivity contribution in [3.05, 3.63) is 46.8 Å². The van der Waals surface area contributed by atoms with Gasteiger partial charge in [0.2, 0.25) is 0 Å². The zero-order valence-electron chi connectivity index (χ0n) is 14.9. The fraction of sp³-hybridized carbons (Fsp3) is 0.333. The van der Waals surface area contributed by atoms with E-state index in [-0.39, 0.29) is 18.9 Å². The van der Waals surface area contributed by atoms with E-state index in [2.05, 4.69) is 15.8 Å². The Morgan fingerprint density at radius 2 is 1.85 bits per heavy atom. The van der Waals surface area contributed by atoms with Crippen LogP contribution in [0.2, 0.25) is 0 Å². The number of nitrogens with one attached hydrogen (secondary N) is 2. The highest BCUT2D eigenvalue weighted by molar-refractivity contribution is 5.96. The number of aromatic nitrogens is 1. The third-order valence-electron chi connectivity index (χ3n) is 3.78. The zero-order valence-corrected chi connectivity index (χ0v) is 14.9. The van der Waals surface area contributed by atoms with Crippen LogP contribution in [0.5, 0.6) is 0 Å². The summed E-state index contributed by atoms with van der Waals surface area (Å²) in [7, 11) is 1.54. The largest absolute Gasteiger partial charge is 0.456 e. The maximum Gasteiger partial charge on any atom is 0.306 e. The second-order valence-corrected chi connectivity index (χ2v) is 5.67. The number of esters is 1. The molecule has 0 spiro atoms. The van der Waals surface area contributed by atoms with E-state index in [1.54, 1.807) is 38.1 Å². The summed E-state index contributed by atoms with van der Waals surface area (Å²) in [6, 6.07) is 6.37. The molecule has 8 nitrogen and oxygen atoms in total. The van der Waals surface area contributed by atoms with Crippen LogP contribution in [0.15, 0.2) is 28.8 Å². The minimum atomic E-state index is -0.477. The molecule has 2 N–H and O–H groups in total. The van der Waals surface area contributed by atoms with Gasteiger partial charge >= 0.3 is 5.97 Å². The molecule has 0 aliphatic carbocycles. The van der Waals surface area contributed by atoms with Crippen LogP contribution in [0.3, 0.4) is 0 Å². The average Bonchev–Trinajstić information content (AvgIpc) is 2.96. The van der Waals surface area contributed by atoms with Crippen molar-refractivity contribution >= 4 is 23.5 Å². The lowest BCUT2D eigenvalue weighted by Gasteiger charge is -2.07. The van der Waals surface area contributed by atoms with Gasteiger partial charge in [-0.2, -0.15) is 0 Å². The zero-order chi connectivity index (χ0) is 19.1. The summed E-state index contributed by atoms with van der Waals surface area (Å²) in [4.78, 5) is 35.1. The van der Waals surface area contributed by atoms with Gasteiger partial charge in [0, 0.05) is 30.3 Å². The second-order valence-electron chi connectivity index (χ2n) is 5.67. The molecule has 8 heteroatoms. The number of hydrogen-bond acceptors (Lipinski definition) is 6. The van der Waals surface area contributed by atoms with E-state index in [1.807, 2.05) is 0 Å². The van der Waals surface area contributed by atoms with E-state index in [0.29, 0.717) is 23.4 Å². The third kappa shape index (κ3) is 5.17. The van der Waals surface area contributed by atoms with Crippen LogP contribution >= 0.6 is 0 Å². The molecule has 0 unspecified atom stereocenters. The molecule has 0 aliphatic heterocycles. The Balaban J connectivity index is 1.76. The van der Waals surface area contributed by atoms with Crippen LogP contribution in [-0.2, 0) is 20.7 Å². The molecular formula is C18H21N3O5. The van der Waals surface area contributed by atoms with E-state index in [0.717, 1.165) is 11.3 Å². The molecule has 1 heterocycles. The van der Waals surface area contributed by atoms with E-state index >= 15 is 0 Å². The highest BCUT2D eigenvalue weighted by Gasteiger charge is 2.13. The standard InChI is InChI=1S/C18H21N3O5/c1-11-15(12(2)26-21-11)8-9-17(23)25-10-16(22)20-14-6-4-13(5-7-14)18(24)19-3/h4-7H,8-10H2,1-3H3,(H,19,24)(H,20,22). The fourth-order valence-electron chi connectivity index (χ4n) is 2.35. The minimum Gasteiger partial charge on any atom is -0.456 e. The van der Waals surface area contributed by atoms with E-state index in [1.165, 1.54) is 7.05 Å². The van der Waals surface area contributed by atoms with Gasteiger partial charge in [-0.25, -0.2) is 0 Å². The van der Waals surface area contributed by atoms with E-state index in [9.17, 15) is 14.4 Å². The molecule has 0 saturated carbocycles. The Bertz CT molecular complexity index is 776. The molecule has 0 fully saturated rings. The number of hydrogen-bond donors (Lipinski definition) is 2. The van der Waals surface area contributed by atoms with Crippen molar-refractivity contribution in [3.8, 4) is 0 Å². The molecule has 1 aromatic carbocycles. The summed E-state index contributed by atoms with van der Waals surface area (Å²) in [5.41, 5.74) is 2.61. The summed E-state index contributed by atoms with van der Waals surface area (Å²) in [5.74, 6) is -0.471. The van der Waals surface area contributed by atoms with Crippen molar-refractivity contribution in [1.29, 1.82) is 0 Å². The van der Waals surface area contributed by atoms with Crippen LogP contribution in [0.4, 0.5) is 5.69 Å². The average molecular weight is 359 g/mol. The lowest BCUT2D eigenvalue weighted by Crippen LogP contribution is -2.21. The van der Waals surface area contributed by atoms with Crippen molar-refractivity contribution in [1.82, 2.24) is 10.5 Å². The Hall–Kier alpha value is -3.16. The second kappa shape index (κ2) is 8.80. The van der Waals surface area contributed by atoms with Crippen LogP contribution in [0, 0.1) is 13.8 Å². The molecule has 0 atom stereocenters. The molecule has 0 radical (unpaired) electrons. The SMILES string of the molecule is CNC(=O)c1ccc(NC(=O)COC(=O)CCc2c(C)noc2C)cc1. The quantitative estimate of drug-likeness (QED) is 0.729. The maximum absolute atomic E-state index is 11.8. The lowest BCUT2D eigenvalue weighted by atomic mass is 10.1. The number of nitrogens with zero attached hydrogens (tertiary/aromatic N) is 1. The minimum absolute atomic E-state index is 0.136. The molecule has 0 saturated heterocycles. The first-order valence-electron chi connectivity index (χ1n) is 8.10. The van der Waals surface area contributed by atoms with Crippen LogP contribution in [0.25, 0.3) is 0 Å². The summed E-state index contributed by atoms with van der Waals surface area (Å²) in [6.45, 7) is 3.21. The molecule has 26 heavy (non-hydrogen) atoms. The Kier molecular flexibility index (Phi) is 6.48. The van der Waals surface area contributed by atoms with Crippen LogP contribution < -0.4 is 10.6 Å². The number of carbonyl (C=O) groups excluding carboxylic acids is 3. The Morgan fingerprint density at radius 3 is 2.42 bits per heavy atom. The number of benzene rings is 1. The third-order valence-corrected chi connectivity index (χ3v) is 3.78. The number of aryl methyl sites for hydroxylation is 2. The Labute approximate surface area is 150 Å². The van der Waals surface area contributed by atoms with Gasteiger partial charge in [-0.05, 0) is 44.5 Å². The van der Waals surface area contributed by atoms with Crippen molar-refractivity contribution in [3.63, 3.8) is 0 Å².